The summed E-state index contributed by atoms with van der Waals surface area (Å²) in [5.41, 5.74) is 30.9. The number of benzene rings is 3. The van der Waals surface area contributed by atoms with E-state index < -0.39 is 20.7 Å². The highest BCUT2D eigenvalue weighted by atomic mass is 17.0. The average Bonchev–Trinajstić information content (AvgIpc) is 3.75. The third kappa shape index (κ3) is 10.0. The molecule has 0 saturated heterocycles. The molecule has 6 bridgehead atoms. The Morgan fingerprint density at radius 1 is 0.645 bits per heavy atom. The van der Waals surface area contributed by atoms with E-state index in [1.54, 1.807) is 5.57 Å². The third-order valence-corrected chi connectivity index (χ3v) is 20.3. The van der Waals surface area contributed by atoms with Gasteiger partial charge < -0.3 is 31.6 Å². The highest BCUT2D eigenvalue weighted by molar-refractivity contribution is 5.49. The molecule has 0 radical (unpaired) electrons. The van der Waals surface area contributed by atoms with Crippen LogP contribution in [0.4, 0.5) is 0 Å². The Hall–Kier alpha value is -5.84. The molecule has 12 atom stereocenters. The molecule has 76 heavy (non-hydrogen) atoms. The molecule has 16 nitrogen and oxygen atoms in total. The smallest absolute Gasteiger partial charge is 0.299 e. The normalized spacial score (nSPS) is 31.9. The minimum atomic E-state index is -0.775. The summed E-state index contributed by atoms with van der Waals surface area (Å²) in [6.45, 7) is 6.27. The van der Waals surface area contributed by atoms with Gasteiger partial charge in [0.25, 0.3) is 15.3 Å². The standard InChI is InChI=1S/C60H78N6O10/c1-38-20-43-28-45-30-53(35-57(43)45)58(38,15-16-61)52-31-46(32-55(34-52)76-66(71)72)56-14-13-49-29-44(56)21-39(2)59(49,36-62)51-26-42(27-54(33-51)73-17-7-19-75-65(69)70)25-50-24-41-10-6-12-48(23-41)60(50,37-63)47-11-5-9-40(22-47)8-3-4-18-74-64(67)68/h5,9,11,20-22,24,26-27,31-34,38-39,45,48-50,53,56-57H,3-4,6-8,10,12-19,23,25,28-30,35-37,61-63H2,1-2H3. The number of hydrogen-bond acceptors (Lipinski definition) is 13. The fourth-order valence-corrected chi connectivity index (χ4v) is 16.9. The van der Waals surface area contributed by atoms with Crippen molar-refractivity contribution in [3.05, 3.63) is 159 Å². The van der Waals surface area contributed by atoms with Crippen LogP contribution in [-0.2, 0) is 38.8 Å². The number of ether oxygens (including phenoxy) is 1. The number of unbranched alkanes of at least 4 members (excludes halogenated alkanes) is 1. The van der Waals surface area contributed by atoms with Crippen molar-refractivity contribution in [2.75, 3.05) is 39.5 Å². The van der Waals surface area contributed by atoms with Crippen molar-refractivity contribution in [2.45, 2.75) is 139 Å². The molecule has 0 spiro atoms. The molecule has 0 amide bonds. The molecule has 3 aromatic carbocycles. The predicted octanol–water partition coefficient (Wildman–Crippen LogP) is 10.5. The summed E-state index contributed by atoms with van der Waals surface area (Å²) in [5.74, 6) is 3.71. The van der Waals surface area contributed by atoms with Crippen LogP contribution < -0.4 is 26.8 Å². The third-order valence-electron chi connectivity index (χ3n) is 20.3. The van der Waals surface area contributed by atoms with E-state index in [2.05, 4.69) is 90.3 Å². The first kappa shape index (κ1) is 53.6. The van der Waals surface area contributed by atoms with Gasteiger partial charge in [-0.2, -0.15) is 0 Å². The Labute approximate surface area is 446 Å². The first-order valence-electron chi connectivity index (χ1n) is 28.3. The SMILES string of the molecule is CC1C=C2CC(CCC2c2cc(O[N+](=O)[O-])cc(C3(CCN)C(C)C=C4CC5CC3CC45)c2)C1(CN)c1cc(CC2C=C3CCCC(C3)C2(CN)c2cccc(CCCCO[N+](=O)[O-])c2)cc(OCCCO[N+](=O)[O-])c1. The second kappa shape index (κ2) is 22.3. The maximum absolute atomic E-state index is 12.1. The van der Waals surface area contributed by atoms with Crippen LogP contribution in [0.5, 0.6) is 11.5 Å². The van der Waals surface area contributed by atoms with Gasteiger partial charge >= 0.3 is 0 Å². The molecule has 0 aromatic heterocycles. The van der Waals surface area contributed by atoms with E-state index in [-0.39, 0.29) is 66.0 Å². The lowest BCUT2D eigenvalue weighted by atomic mass is 9.52. The second-order valence-electron chi connectivity index (χ2n) is 23.8. The Balaban J connectivity index is 0.993. The molecule has 6 N–H and O–H groups in total. The number of aryl methyl sites for hydroxylation is 1. The molecule has 4 saturated carbocycles. The van der Waals surface area contributed by atoms with Crippen molar-refractivity contribution >= 4 is 0 Å². The number of rotatable bonds is 24. The number of hydrogen-bond donors (Lipinski definition) is 3. The summed E-state index contributed by atoms with van der Waals surface area (Å²) >= 11 is 0. The van der Waals surface area contributed by atoms with Crippen molar-refractivity contribution in [1.82, 2.24) is 0 Å². The molecule has 4 fully saturated rings. The highest BCUT2D eigenvalue weighted by Crippen LogP contribution is 2.64. The van der Waals surface area contributed by atoms with Crippen LogP contribution in [0.15, 0.2) is 95.6 Å². The van der Waals surface area contributed by atoms with Crippen molar-refractivity contribution in [3.8, 4) is 11.5 Å². The van der Waals surface area contributed by atoms with E-state index >= 15 is 0 Å². The number of nitrogens with two attached hydrogens (primary N) is 3. The van der Waals surface area contributed by atoms with E-state index in [1.165, 1.54) is 28.7 Å². The van der Waals surface area contributed by atoms with E-state index in [9.17, 15) is 30.3 Å². The van der Waals surface area contributed by atoms with Crippen LogP contribution in [0.3, 0.4) is 0 Å². The van der Waals surface area contributed by atoms with E-state index in [4.69, 9.17) is 26.8 Å². The van der Waals surface area contributed by atoms with Crippen LogP contribution >= 0.6 is 0 Å². The van der Waals surface area contributed by atoms with Gasteiger partial charge in [-0.05, 0) is 208 Å². The molecular weight excluding hydrogens is 965 g/mol. The minimum Gasteiger partial charge on any atom is -0.494 e. The quantitative estimate of drug-likeness (QED) is 0.0327. The lowest BCUT2D eigenvalue weighted by Gasteiger charge is -2.52. The largest absolute Gasteiger partial charge is 0.494 e. The fraction of sp³-hybridized carbons (Fsp3) is 0.600. The lowest BCUT2D eigenvalue weighted by molar-refractivity contribution is -0.757. The number of allylic oxidation sites excluding steroid dienone is 6. The van der Waals surface area contributed by atoms with Gasteiger partial charge in [-0.3, -0.25) is 4.84 Å². The maximum atomic E-state index is 12.1. The van der Waals surface area contributed by atoms with Crippen molar-refractivity contribution in [1.29, 1.82) is 0 Å². The Kier molecular flexibility index (Phi) is 15.7. The van der Waals surface area contributed by atoms with Gasteiger partial charge in [0, 0.05) is 41.7 Å². The monoisotopic (exact) mass is 1040 g/mol. The summed E-state index contributed by atoms with van der Waals surface area (Å²) in [5, 5.41) is 31.7. The summed E-state index contributed by atoms with van der Waals surface area (Å²) in [6.07, 6.45) is 21.8. The number of fused-ring (bicyclic) bond motifs is 5. The summed E-state index contributed by atoms with van der Waals surface area (Å²) in [6, 6.07) is 21.7. The molecule has 7 aliphatic carbocycles. The summed E-state index contributed by atoms with van der Waals surface area (Å²) < 4.78 is 6.52. The van der Waals surface area contributed by atoms with Crippen molar-refractivity contribution in [3.63, 3.8) is 0 Å². The van der Waals surface area contributed by atoms with Gasteiger partial charge in [0.05, 0.1) is 19.8 Å². The predicted molar refractivity (Wildman–Crippen MR) is 289 cm³/mol. The minimum absolute atomic E-state index is 0.0238. The maximum Gasteiger partial charge on any atom is 0.299 e. The molecular formula is C60H78N6O10. The van der Waals surface area contributed by atoms with Crippen molar-refractivity contribution in [2.24, 2.45) is 64.5 Å². The second-order valence-corrected chi connectivity index (χ2v) is 23.8. The molecule has 408 valence electrons. The van der Waals surface area contributed by atoms with Gasteiger partial charge in [-0.1, -0.05) is 85.2 Å². The molecule has 3 aromatic rings. The molecule has 0 heterocycles. The zero-order valence-corrected chi connectivity index (χ0v) is 44.4. The lowest BCUT2D eigenvalue weighted by Crippen LogP contribution is -2.52. The summed E-state index contributed by atoms with van der Waals surface area (Å²) in [4.78, 5) is 48.5. The van der Waals surface area contributed by atoms with Gasteiger partial charge in [0.2, 0.25) is 0 Å². The van der Waals surface area contributed by atoms with E-state index in [1.807, 2.05) is 12.1 Å². The summed E-state index contributed by atoms with van der Waals surface area (Å²) in [7, 11) is 0. The number of nitrogens with zero attached hydrogens (tertiary/aromatic N) is 3. The molecule has 12 unspecified atom stereocenters. The average molecular weight is 1040 g/mol. The van der Waals surface area contributed by atoms with Crippen LogP contribution in [0.1, 0.15) is 143 Å². The molecule has 7 aliphatic rings. The Morgan fingerprint density at radius 2 is 1.37 bits per heavy atom. The first-order valence-corrected chi connectivity index (χ1v) is 28.3. The van der Waals surface area contributed by atoms with E-state index in [0.29, 0.717) is 68.3 Å². The van der Waals surface area contributed by atoms with Gasteiger partial charge in [0.1, 0.15) is 11.5 Å². The van der Waals surface area contributed by atoms with Gasteiger partial charge in [0.15, 0.2) is 0 Å². The molecule has 16 heteroatoms. The highest BCUT2D eigenvalue weighted by Gasteiger charge is 2.57. The van der Waals surface area contributed by atoms with Crippen LogP contribution in [0.25, 0.3) is 0 Å². The van der Waals surface area contributed by atoms with Crippen LogP contribution in [0.2, 0.25) is 0 Å². The first-order chi connectivity index (χ1) is 36.7. The zero-order valence-electron chi connectivity index (χ0n) is 44.4. The Bertz CT molecular complexity index is 2760. The zero-order chi connectivity index (χ0) is 53.4. The van der Waals surface area contributed by atoms with E-state index in [0.717, 1.165) is 99.3 Å². The van der Waals surface area contributed by atoms with Crippen LogP contribution in [0, 0.1) is 77.7 Å². The molecule has 10 rings (SSSR count). The topological polar surface area (TPSA) is 244 Å². The van der Waals surface area contributed by atoms with Crippen LogP contribution in [-0.4, -0.2) is 54.7 Å². The van der Waals surface area contributed by atoms with Gasteiger partial charge in [-0.25, -0.2) is 0 Å². The Morgan fingerprint density at radius 3 is 2.13 bits per heavy atom. The molecule has 0 aliphatic heterocycles. The fourth-order valence-electron chi connectivity index (χ4n) is 16.9. The van der Waals surface area contributed by atoms with Gasteiger partial charge in [-0.15, -0.1) is 30.3 Å². The van der Waals surface area contributed by atoms with Crippen molar-refractivity contribution < 1.29 is 34.5 Å².